The number of hydrogen-bond donors (Lipinski definition) is 1. The number of carbonyl (C=O) groups excluding carboxylic acids is 1. The van der Waals surface area contributed by atoms with Gasteiger partial charge in [-0.05, 0) is 64.8 Å². The predicted octanol–water partition coefficient (Wildman–Crippen LogP) is 5.94. The minimum Gasteiger partial charge on any atom is -0.495 e. The van der Waals surface area contributed by atoms with Crippen molar-refractivity contribution in [2.75, 3.05) is 12.4 Å². The van der Waals surface area contributed by atoms with E-state index in [0.29, 0.717) is 5.75 Å². The van der Waals surface area contributed by atoms with Crippen molar-refractivity contribution < 1.29 is 9.53 Å². The molecule has 0 aliphatic heterocycles. The van der Waals surface area contributed by atoms with Crippen molar-refractivity contribution in [3.05, 3.63) is 61.0 Å². The molecule has 0 atom stereocenters. The molecule has 0 saturated heterocycles. The zero-order valence-corrected chi connectivity index (χ0v) is 17.2. The Kier molecular flexibility index (Phi) is 6.44. The number of ether oxygens (including phenoxy) is 1. The van der Waals surface area contributed by atoms with Crippen LogP contribution in [-0.2, 0) is 4.79 Å². The third kappa shape index (κ3) is 4.93. The van der Waals surface area contributed by atoms with Crippen molar-refractivity contribution in [1.29, 1.82) is 0 Å². The summed E-state index contributed by atoms with van der Waals surface area (Å²) in [5, 5.41) is 2.86. The fourth-order valence-corrected chi connectivity index (χ4v) is 3.92. The summed E-state index contributed by atoms with van der Waals surface area (Å²) in [6.07, 6.45) is 3.20. The Labute approximate surface area is 160 Å². The fraction of sp³-hybridized carbons (Fsp3) is 0.118. The predicted molar refractivity (Wildman–Crippen MR) is 105 cm³/mol. The molecule has 0 heterocycles. The van der Waals surface area contributed by atoms with E-state index in [0.717, 1.165) is 30.2 Å². The maximum atomic E-state index is 12.1. The van der Waals surface area contributed by atoms with Gasteiger partial charge >= 0.3 is 0 Å². The molecule has 0 aliphatic rings. The summed E-state index contributed by atoms with van der Waals surface area (Å²) < 4.78 is 8.05. The lowest BCUT2D eigenvalue weighted by molar-refractivity contribution is -0.111. The van der Waals surface area contributed by atoms with Crippen LogP contribution < -0.4 is 10.1 Å². The van der Waals surface area contributed by atoms with Gasteiger partial charge in [0.2, 0.25) is 5.91 Å². The maximum Gasteiger partial charge on any atom is 0.248 e. The summed E-state index contributed by atoms with van der Waals surface area (Å²) in [5.74, 6) is 0.477. The summed E-state index contributed by atoms with van der Waals surface area (Å²) in [5.41, 5.74) is 2.57. The van der Waals surface area contributed by atoms with Gasteiger partial charge in [0, 0.05) is 26.3 Å². The van der Waals surface area contributed by atoms with Crippen molar-refractivity contribution in [3.63, 3.8) is 0 Å². The lowest BCUT2D eigenvalue weighted by Gasteiger charge is -2.09. The number of methoxy groups -OCH3 is 1. The van der Waals surface area contributed by atoms with E-state index in [1.165, 1.54) is 6.08 Å². The SMILES string of the molecule is COc1c(Br)cc(Br)cc1/C=C/C(=O)Nc1ccc(Br)cc1C. The Balaban J connectivity index is 2.18. The first-order valence-corrected chi connectivity index (χ1v) is 9.07. The van der Waals surface area contributed by atoms with Crippen LogP contribution in [0, 0.1) is 6.92 Å². The number of benzene rings is 2. The minimum absolute atomic E-state index is 0.200. The van der Waals surface area contributed by atoms with E-state index in [-0.39, 0.29) is 5.91 Å². The van der Waals surface area contributed by atoms with Crippen LogP contribution in [0.15, 0.2) is 49.8 Å². The van der Waals surface area contributed by atoms with Gasteiger partial charge in [-0.3, -0.25) is 4.79 Å². The zero-order valence-electron chi connectivity index (χ0n) is 12.5. The summed E-state index contributed by atoms with van der Waals surface area (Å²) in [7, 11) is 1.59. The van der Waals surface area contributed by atoms with Gasteiger partial charge in [0.05, 0.1) is 11.6 Å². The topological polar surface area (TPSA) is 38.3 Å². The second-order valence-electron chi connectivity index (χ2n) is 4.79. The first kappa shape index (κ1) is 18.2. The Morgan fingerprint density at radius 3 is 2.52 bits per heavy atom. The molecule has 23 heavy (non-hydrogen) atoms. The van der Waals surface area contributed by atoms with E-state index in [9.17, 15) is 4.79 Å². The average Bonchev–Trinajstić information content (AvgIpc) is 2.47. The van der Waals surface area contributed by atoms with Crippen LogP contribution in [0.2, 0.25) is 0 Å². The van der Waals surface area contributed by atoms with Crippen LogP contribution in [0.25, 0.3) is 6.08 Å². The number of carbonyl (C=O) groups is 1. The summed E-state index contributed by atoms with van der Waals surface area (Å²) >= 11 is 10.3. The highest BCUT2D eigenvalue weighted by molar-refractivity contribution is 9.11. The highest BCUT2D eigenvalue weighted by Gasteiger charge is 2.08. The van der Waals surface area contributed by atoms with Gasteiger partial charge in [0.25, 0.3) is 0 Å². The normalized spacial score (nSPS) is 10.8. The molecule has 1 N–H and O–H groups in total. The van der Waals surface area contributed by atoms with Crippen LogP contribution in [0.3, 0.4) is 0 Å². The van der Waals surface area contributed by atoms with Crippen molar-refractivity contribution in [2.45, 2.75) is 6.92 Å². The third-order valence-corrected chi connectivity index (χ3v) is 4.64. The molecular formula is C17H14Br3NO2. The summed E-state index contributed by atoms with van der Waals surface area (Å²) in [6, 6.07) is 9.48. The Morgan fingerprint density at radius 1 is 1.13 bits per heavy atom. The first-order valence-electron chi connectivity index (χ1n) is 6.69. The smallest absolute Gasteiger partial charge is 0.248 e. The molecule has 2 aromatic carbocycles. The molecule has 0 saturated carbocycles. The van der Waals surface area contributed by atoms with Gasteiger partial charge in [-0.25, -0.2) is 0 Å². The molecule has 0 aliphatic carbocycles. The third-order valence-electron chi connectivity index (χ3n) is 3.10. The van der Waals surface area contributed by atoms with Gasteiger partial charge in [-0.2, -0.15) is 0 Å². The van der Waals surface area contributed by atoms with Crippen LogP contribution >= 0.6 is 47.8 Å². The highest BCUT2D eigenvalue weighted by atomic mass is 79.9. The van der Waals surface area contributed by atoms with E-state index >= 15 is 0 Å². The van der Waals surface area contributed by atoms with Gasteiger partial charge in [-0.1, -0.05) is 31.9 Å². The van der Waals surface area contributed by atoms with Crippen LogP contribution in [-0.4, -0.2) is 13.0 Å². The monoisotopic (exact) mass is 501 g/mol. The number of amides is 1. The molecule has 120 valence electrons. The zero-order chi connectivity index (χ0) is 17.0. The lowest BCUT2D eigenvalue weighted by atomic mass is 10.1. The van der Waals surface area contributed by atoms with E-state index in [4.69, 9.17) is 4.74 Å². The molecule has 3 nitrogen and oxygen atoms in total. The highest BCUT2D eigenvalue weighted by Crippen LogP contribution is 2.33. The van der Waals surface area contributed by atoms with Crippen LogP contribution in [0.1, 0.15) is 11.1 Å². The second-order valence-corrected chi connectivity index (χ2v) is 7.48. The molecule has 0 aromatic heterocycles. The number of nitrogens with one attached hydrogen (secondary N) is 1. The standard InChI is InChI=1S/C17H14Br3NO2/c1-10-7-12(18)4-5-15(10)21-16(22)6-3-11-8-13(19)9-14(20)17(11)23-2/h3-9H,1-2H3,(H,21,22)/b6-3+. The maximum absolute atomic E-state index is 12.1. The first-order chi connectivity index (χ1) is 10.9. The number of hydrogen-bond acceptors (Lipinski definition) is 2. The van der Waals surface area contributed by atoms with E-state index in [1.807, 2.05) is 37.3 Å². The molecular weight excluding hydrogens is 490 g/mol. The quantitative estimate of drug-likeness (QED) is 0.524. The molecule has 0 radical (unpaired) electrons. The Hall–Kier alpha value is -1.11. The Morgan fingerprint density at radius 2 is 1.87 bits per heavy atom. The summed E-state index contributed by atoms with van der Waals surface area (Å²) in [4.78, 5) is 12.1. The van der Waals surface area contributed by atoms with Crippen molar-refractivity contribution >= 4 is 65.5 Å². The molecule has 0 spiro atoms. The lowest BCUT2D eigenvalue weighted by Crippen LogP contribution is -2.08. The molecule has 1 amide bonds. The molecule has 0 bridgehead atoms. The van der Waals surface area contributed by atoms with Crippen LogP contribution in [0.4, 0.5) is 5.69 Å². The van der Waals surface area contributed by atoms with Crippen molar-refractivity contribution in [3.8, 4) is 5.75 Å². The Bertz CT molecular complexity index is 773. The van der Waals surface area contributed by atoms with E-state index in [1.54, 1.807) is 13.2 Å². The number of anilines is 1. The van der Waals surface area contributed by atoms with Crippen molar-refractivity contribution in [1.82, 2.24) is 0 Å². The molecule has 2 aromatic rings. The van der Waals surface area contributed by atoms with Gasteiger partial charge in [-0.15, -0.1) is 0 Å². The van der Waals surface area contributed by atoms with Crippen molar-refractivity contribution in [2.24, 2.45) is 0 Å². The second kappa shape index (κ2) is 8.13. The number of rotatable bonds is 4. The van der Waals surface area contributed by atoms with Gasteiger partial charge in [0.15, 0.2) is 0 Å². The molecule has 2 rings (SSSR count). The molecule has 6 heteroatoms. The van der Waals surface area contributed by atoms with Gasteiger partial charge in [0.1, 0.15) is 5.75 Å². The average molecular weight is 504 g/mol. The van der Waals surface area contributed by atoms with E-state index in [2.05, 4.69) is 53.1 Å². The van der Waals surface area contributed by atoms with Gasteiger partial charge < -0.3 is 10.1 Å². The summed E-state index contributed by atoms with van der Waals surface area (Å²) in [6.45, 7) is 1.94. The number of aryl methyl sites for hydroxylation is 1. The number of halogens is 3. The van der Waals surface area contributed by atoms with Crippen LogP contribution in [0.5, 0.6) is 5.75 Å². The largest absolute Gasteiger partial charge is 0.495 e. The van der Waals surface area contributed by atoms with E-state index < -0.39 is 0 Å². The fourth-order valence-electron chi connectivity index (χ4n) is 2.03. The molecule has 0 fully saturated rings. The minimum atomic E-state index is -0.200. The molecule has 0 unspecified atom stereocenters.